The lowest BCUT2D eigenvalue weighted by molar-refractivity contribution is 0.429. The fraction of sp³-hybridized carbons (Fsp3) is 0.250. The first kappa shape index (κ1) is 8.76. The van der Waals surface area contributed by atoms with Crippen LogP contribution < -0.4 is 11.3 Å². The Morgan fingerprint density at radius 3 is 3.07 bits per heavy atom. The minimum atomic E-state index is -0.329. The van der Waals surface area contributed by atoms with Crippen molar-refractivity contribution in [3.63, 3.8) is 0 Å². The third-order valence-electron chi connectivity index (χ3n) is 2.17. The van der Waals surface area contributed by atoms with Crippen LogP contribution >= 0.6 is 0 Å². The molecule has 2 aromatic rings. The van der Waals surface area contributed by atoms with E-state index in [-0.39, 0.29) is 23.5 Å². The van der Waals surface area contributed by atoms with Crippen molar-refractivity contribution in [3.05, 3.63) is 27.7 Å². The van der Waals surface area contributed by atoms with Crippen LogP contribution in [0.5, 0.6) is 5.88 Å². The lowest BCUT2D eigenvalue weighted by Crippen LogP contribution is -2.13. The van der Waals surface area contributed by atoms with Crippen LogP contribution in [0.4, 0.5) is 0 Å². The van der Waals surface area contributed by atoms with E-state index < -0.39 is 0 Å². The van der Waals surface area contributed by atoms with Crippen LogP contribution in [0.25, 0.3) is 5.65 Å². The average Bonchev–Trinajstić information content (AvgIpc) is 2.57. The van der Waals surface area contributed by atoms with E-state index in [1.807, 2.05) is 0 Å². The molecule has 0 aliphatic heterocycles. The number of aromatic hydroxyl groups is 1. The van der Waals surface area contributed by atoms with Gasteiger partial charge in [-0.05, 0) is 6.92 Å². The van der Waals surface area contributed by atoms with Gasteiger partial charge in [0, 0.05) is 12.1 Å². The van der Waals surface area contributed by atoms with Gasteiger partial charge in [0.2, 0.25) is 5.88 Å². The van der Waals surface area contributed by atoms with Gasteiger partial charge in [-0.2, -0.15) is 9.61 Å². The number of fused-ring (bicyclic) bond motifs is 1. The summed E-state index contributed by atoms with van der Waals surface area (Å²) in [7, 11) is 0. The highest BCUT2D eigenvalue weighted by Gasteiger charge is 2.10. The van der Waals surface area contributed by atoms with E-state index in [4.69, 9.17) is 5.73 Å². The number of hydrogen-bond acceptors (Lipinski definition) is 4. The molecule has 6 nitrogen and oxygen atoms in total. The minimum Gasteiger partial charge on any atom is -0.493 e. The van der Waals surface area contributed by atoms with Crippen molar-refractivity contribution < 1.29 is 5.11 Å². The molecular weight excluding hydrogens is 184 g/mol. The smallest absolute Gasteiger partial charge is 0.257 e. The molecule has 14 heavy (non-hydrogen) atoms. The van der Waals surface area contributed by atoms with Crippen molar-refractivity contribution in [1.29, 1.82) is 0 Å². The molecule has 0 aliphatic rings. The number of aromatic amines is 1. The Morgan fingerprint density at radius 1 is 1.71 bits per heavy atom. The molecular formula is C8H10N4O2. The Morgan fingerprint density at radius 2 is 2.43 bits per heavy atom. The Bertz CT molecular complexity index is 540. The summed E-state index contributed by atoms with van der Waals surface area (Å²) in [4.78, 5) is 13.9. The zero-order chi connectivity index (χ0) is 10.3. The first-order valence-electron chi connectivity index (χ1n) is 4.13. The molecule has 2 aromatic heterocycles. The van der Waals surface area contributed by atoms with E-state index in [9.17, 15) is 9.90 Å². The molecule has 2 heterocycles. The van der Waals surface area contributed by atoms with Gasteiger partial charge in [0.25, 0.3) is 5.56 Å². The number of aromatic nitrogens is 3. The van der Waals surface area contributed by atoms with Gasteiger partial charge in [0.15, 0.2) is 0 Å². The number of nitrogens with two attached hydrogens (primary N) is 1. The van der Waals surface area contributed by atoms with Crippen LogP contribution in [0.1, 0.15) is 11.1 Å². The summed E-state index contributed by atoms with van der Waals surface area (Å²) >= 11 is 0. The zero-order valence-electron chi connectivity index (χ0n) is 7.61. The van der Waals surface area contributed by atoms with Gasteiger partial charge in [0.05, 0.1) is 11.8 Å². The van der Waals surface area contributed by atoms with Crippen LogP contribution in [-0.2, 0) is 6.54 Å². The minimum absolute atomic E-state index is 0.150. The monoisotopic (exact) mass is 194 g/mol. The molecule has 2 rings (SSSR count). The average molecular weight is 194 g/mol. The van der Waals surface area contributed by atoms with E-state index in [1.165, 1.54) is 17.6 Å². The predicted molar refractivity (Wildman–Crippen MR) is 50.1 cm³/mol. The van der Waals surface area contributed by atoms with E-state index in [1.54, 1.807) is 0 Å². The molecule has 0 atom stereocenters. The van der Waals surface area contributed by atoms with Crippen LogP contribution in [0.3, 0.4) is 0 Å². The lowest BCUT2D eigenvalue weighted by atomic mass is 10.3. The van der Waals surface area contributed by atoms with Crippen molar-refractivity contribution in [1.82, 2.24) is 14.6 Å². The van der Waals surface area contributed by atoms with Gasteiger partial charge < -0.3 is 15.8 Å². The molecule has 74 valence electrons. The highest BCUT2D eigenvalue weighted by molar-refractivity contribution is 5.49. The topological polar surface area (TPSA) is 96.4 Å². The fourth-order valence-electron chi connectivity index (χ4n) is 1.29. The van der Waals surface area contributed by atoms with Gasteiger partial charge in [-0.3, -0.25) is 4.79 Å². The molecule has 0 spiro atoms. The van der Waals surface area contributed by atoms with Crippen molar-refractivity contribution in [2.24, 2.45) is 5.73 Å². The maximum absolute atomic E-state index is 11.3. The molecule has 0 unspecified atom stereocenters. The summed E-state index contributed by atoms with van der Waals surface area (Å²) in [6, 6.07) is 0. The first-order valence-corrected chi connectivity index (χ1v) is 4.13. The summed E-state index contributed by atoms with van der Waals surface area (Å²) in [5.74, 6) is -0.150. The van der Waals surface area contributed by atoms with Gasteiger partial charge in [0.1, 0.15) is 5.65 Å². The fourth-order valence-corrected chi connectivity index (χ4v) is 1.29. The van der Waals surface area contributed by atoms with E-state index in [0.29, 0.717) is 11.2 Å². The third kappa shape index (κ3) is 1.01. The summed E-state index contributed by atoms with van der Waals surface area (Å²) in [5.41, 5.74) is 6.49. The SMILES string of the molecule is Cc1c(O)n2ncc(CN)c2[nH]c1=O. The van der Waals surface area contributed by atoms with E-state index >= 15 is 0 Å². The maximum atomic E-state index is 11.3. The second-order valence-corrected chi connectivity index (χ2v) is 3.04. The summed E-state index contributed by atoms with van der Waals surface area (Å²) in [5, 5.41) is 13.5. The van der Waals surface area contributed by atoms with E-state index in [0.717, 1.165) is 0 Å². The number of hydrogen-bond donors (Lipinski definition) is 3. The largest absolute Gasteiger partial charge is 0.493 e. The predicted octanol–water partition coefficient (Wildman–Crippen LogP) is -0.505. The Balaban J connectivity index is 2.93. The van der Waals surface area contributed by atoms with Gasteiger partial charge >= 0.3 is 0 Å². The highest BCUT2D eigenvalue weighted by atomic mass is 16.3. The third-order valence-corrected chi connectivity index (χ3v) is 2.17. The normalized spacial score (nSPS) is 11.0. The Labute approximate surface area is 79.0 Å². The molecule has 0 amide bonds. The summed E-state index contributed by atoms with van der Waals surface area (Å²) < 4.78 is 1.26. The van der Waals surface area contributed by atoms with Gasteiger partial charge in [-0.15, -0.1) is 0 Å². The molecule has 6 heteroatoms. The number of nitrogens with one attached hydrogen (secondary N) is 1. The zero-order valence-corrected chi connectivity index (χ0v) is 7.61. The molecule has 0 fully saturated rings. The molecule has 0 aromatic carbocycles. The quantitative estimate of drug-likeness (QED) is 0.570. The molecule has 0 bridgehead atoms. The molecule has 0 saturated carbocycles. The second-order valence-electron chi connectivity index (χ2n) is 3.04. The van der Waals surface area contributed by atoms with Crippen molar-refractivity contribution in [2.75, 3.05) is 0 Å². The Hall–Kier alpha value is -1.82. The van der Waals surface area contributed by atoms with Crippen molar-refractivity contribution in [3.8, 4) is 5.88 Å². The van der Waals surface area contributed by atoms with Gasteiger partial charge in [-0.25, -0.2) is 0 Å². The number of H-pyrrole nitrogens is 1. The van der Waals surface area contributed by atoms with E-state index in [2.05, 4.69) is 10.1 Å². The van der Waals surface area contributed by atoms with Gasteiger partial charge in [-0.1, -0.05) is 0 Å². The van der Waals surface area contributed by atoms with Crippen LogP contribution in [-0.4, -0.2) is 19.7 Å². The Kier molecular flexibility index (Phi) is 1.78. The van der Waals surface area contributed by atoms with Crippen molar-refractivity contribution in [2.45, 2.75) is 13.5 Å². The maximum Gasteiger partial charge on any atom is 0.257 e. The van der Waals surface area contributed by atoms with Crippen LogP contribution in [0.2, 0.25) is 0 Å². The van der Waals surface area contributed by atoms with Crippen molar-refractivity contribution >= 4 is 5.65 Å². The van der Waals surface area contributed by atoms with Crippen LogP contribution in [0.15, 0.2) is 11.0 Å². The first-order chi connectivity index (χ1) is 6.65. The second kappa shape index (κ2) is 2.85. The summed E-state index contributed by atoms with van der Waals surface area (Å²) in [6.07, 6.45) is 1.52. The van der Waals surface area contributed by atoms with Crippen LogP contribution in [0, 0.1) is 6.92 Å². The molecule has 4 N–H and O–H groups in total. The standard InChI is InChI=1S/C8H10N4O2/c1-4-7(13)11-6-5(2-9)3-10-12(6)8(4)14/h3,14H,2,9H2,1H3,(H,11,13). The molecule has 0 aliphatic carbocycles. The summed E-state index contributed by atoms with van der Waals surface area (Å²) in [6.45, 7) is 1.79. The number of nitrogens with zero attached hydrogens (tertiary/aromatic N) is 2. The molecule has 0 saturated heterocycles. The molecule has 0 radical (unpaired) electrons. The lowest BCUT2D eigenvalue weighted by Gasteiger charge is -2.01. The highest BCUT2D eigenvalue weighted by Crippen LogP contribution is 2.14. The number of rotatable bonds is 1.